The fourth-order valence-corrected chi connectivity index (χ4v) is 5.24. The van der Waals surface area contributed by atoms with Crippen molar-refractivity contribution in [2.45, 2.75) is 43.3 Å². The normalized spacial score (nSPS) is 27.8. The molecule has 148 valence electrons. The molecule has 1 saturated carbocycles. The number of benzene rings is 2. The number of rotatable bonds is 4. The van der Waals surface area contributed by atoms with E-state index >= 15 is 0 Å². The molecular formula is C24H31N3O. The topological polar surface area (TPSA) is 26.8 Å². The van der Waals surface area contributed by atoms with E-state index in [4.69, 9.17) is 0 Å². The van der Waals surface area contributed by atoms with Gasteiger partial charge in [-0.05, 0) is 50.9 Å². The molecule has 1 heterocycles. The van der Waals surface area contributed by atoms with Crippen LogP contribution in [0.3, 0.4) is 0 Å². The Labute approximate surface area is 168 Å². The van der Waals surface area contributed by atoms with Crippen LogP contribution in [0.15, 0.2) is 60.7 Å². The van der Waals surface area contributed by atoms with E-state index < -0.39 is 0 Å². The zero-order valence-electron chi connectivity index (χ0n) is 17.3. The van der Waals surface area contributed by atoms with E-state index in [2.05, 4.69) is 61.5 Å². The summed E-state index contributed by atoms with van der Waals surface area (Å²) in [7, 11) is 6.38. The predicted octanol–water partition coefficient (Wildman–Crippen LogP) is 4.32. The van der Waals surface area contributed by atoms with E-state index in [1.54, 1.807) is 0 Å². The minimum Gasteiger partial charge on any atom is -0.320 e. The molecule has 0 radical (unpaired) electrons. The van der Waals surface area contributed by atoms with E-state index in [1.807, 2.05) is 35.0 Å². The van der Waals surface area contributed by atoms with Gasteiger partial charge in [-0.1, -0.05) is 60.7 Å². The van der Waals surface area contributed by atoms with Gasteiger partial charge in [0.25, 0.3) is 0 Å². The van der Waals surface area contributed by atoms with Crippen molar-refractivity contribution in [2.24, 2.45) is 0 Å². The Morgan fingerprint density at radius 3 is 2.04 bits per heavy atom. The third-order valence-electron chi connectivity index (χ3n) is 7.15. The van der Waals surface area contributed by atoms with Crippen molar-refractivity contribution in [3.8, 4) is 0 Å². The van der Waals surface area contributed by atoms with Gasteiger partial charge in [0.2, 0.25) is 0 Å². The standard InChI is InChI=1S/C24H31N3O/c1-25(2)24(21-12-8-5-9-13-21)16-14-23(15-17-24)19-27(22(28)26(23)3)18-20-10-6-4-7-11-20/h4-13H,14-19H2,1-3H3/t23-,24+. The lowest BCUT2D eigenvalue weighted by molar-refractivity contribution is 0.0319. The second kappa shape index (κ2) is 7.25. The third-order valence-corrected chi connectivity index (χ3v) is 7.15. The van der Waals surface area contributed by atoms with Crippen LogP contribution in [0.2, 0.25) is 0 Å². The molecule has 4 nitrogen and oxygen atoms in total. The molecule has 1 saturated heterocycles. The lowest BCUT2D eigenvalue weighted by Crippen LogP contribution is -2.54. The molecule has 1 spiro atoms. The molecule has 0 bridgehead atoms. The zero-order chi connectivity index (χ0) is 19.8. The summed E-state index contributed by atoms with van der Waals surface area (Å²) in [5.74, 6) is 0. The fourth-order valence-electron chi connectivity index (χ4n) is 5.24. The second-order valence-electron chi connectivity index (χ2n) is 8.70. The Bertz CT molecular complexity index is 810. The number of likely N-dealkylation sites (N-methyl/N-ethyl adjacent to an activating group) is 1. The number of carbonyl (C=O) groups is 1. The summed E-state index contributed by atoms with van der Waals surface area (Å²) >= 11 is 0. The number of hydrogen-bond acceptors (Lipinski definition) is 2. The highest BCUT2D eigenvalue weighted by Gasteiger charge is 2.53. The summed E-state index contributed by atoms with van der Waals surface area (Å²) in [6.45, 7) is 1.53. The largest absolute Gasteiger partial charge is 0.320 e. The summed E-state index contributed by atoms with van der Waals surface area (Å²) in [5, 5.41) is 0. The van der Waals surface area contributed by atoms with E-state index in [0.29, 0.717) is 6.54 Å². The van der Waals surface area contributed by atoms with Crippen molar-refractivity contribution in [2.75, 3.05) is 27.7 Å². The highest BCUT2D eigenvalue weighted by molar-refractivity contribution is 5.78. The van der Waals surface area contributed by atoms with E-state index in [-0.39, 0.29) is 17.1 Å². The predicted molar refractivity (Wildman–Crippen MR) is 113 cm³/mol. The first-order valence-corrected chi connectivity index (χ1v) is 10.3. The average molecular weight is 378 g/mol. The molecule has 4 heteroatoms. The van der Waals surface area contributed by atoms with Gasteiger partial charge in [0, 0.05) is 25.7 Å². The van der Waals surface area contributed by atoms with Crippen LogP contribution < -0.4 is 0 Å². The minimum absolute atomic E-state index is 0.0415. The van der Waals surface area contributed by atoms with Crippen molar-refractivity contribution >= 4 is 6.03 Å². The molecule has 1 aliphatic carbocycles. The molecule has 4 rings (SSSR count). The van der Waals surface area contributed by atoms with Crippen molar-refractivity contribution in [3.63, 3.8) is 0 Å². The number of nitrogens with zero attached hydrogens (tertiary/aromatic N) is 3. The highest BCUT2D eigenvalue weighted by atomic mass is 16.2. The molecular weight excluding hydrogens is 346 g/mol. The molecule has 0 unspecified atom stereocenters. The highest BCUT2D eigenvalue weighted by Crippen LogP contribution is 2.48. The van der Waals surface area contributed by atoms with Crippen molar-refractivity contribution < 1.29 is 4.79 Å². The molecule has 28 heavy (non-hydrogen) atoms. The Balaban J connectivity index is 1.53. The molecule has 1 aliphatic heterocycles. The van der Waals surface area contributed by atoms with Crippen molar-refractivity contribution in [1.82, 2.24) is 14.7 Å². The van der Waals surface area contributed by atoms with E-state index in [1.165, 1.54) is 11.1 Å². The monoisotopic (exact) mass is 377 g/mol. The zero-order valence-corrected chi connectivity index (χ0v) is 17.3. The quantitative estimate of drug-likeness (QED) is 0.793. The average Bonchev–Trinajstić information content (AvgIpc) is 2.95. The van der Waals surface area contributed by atoms with Crippen LogP contribution in [0.1, 0.15) is 36.8 Å². The lowest BCUT2D eigenvalue weighted by atomic mass is 9.68. The van der Waals surface area contributed by atoms with Gasteiger partial charge in [0.05, 0.1) is 5.54 Å². The Morgan fingerprint density at radius 1 is 0.893 bits per heavy atom. The second-order valence-corrected chi connectivity index (χ2v) is 8.70. The van der Waals surface area contributed by atoms with Gasteiger partial charge in [0.15, 0.2) is 0 Å². The van der Waals surface area contributed by atoms with Gasteiger partial charge in [-0.3, -0.25) is 4.90 Å². The van der Waals surface area contributed by atoms with Gasteiger partial charge >= 0.3 is 6.03 Å². The number of urea groups is 1. The van der Waals surface area contributed by atoms with Crippen LogP contribution >= 0.6 is 0 Å². The Hall–Kier alpha value is -2.33. The Morgan fingerprint density at radius 2 is 1.46 bits per heavy atom. The molecule has 2 amide bonds. The summed E-state index contributed by atoms with van der Waals surface area (Å²) in [6.07, 6.45) is 4.21. The maximum atomic E-state index is 13.0. The number of carbonyl (C=O) groups excluding carboxylic acids is 1. The van der Waals surface area contributed by atoms with Crippen LogP contribution in [0.5, 0.6) is 0 Å². The molecule has 2 aromatic rings. The van der Waals surface area contributed by atoms with Crippen molar-refractivity contribution in [1.29, 1.82) is 0 Å². The summed E-state index contributed by atoms with van der Waals surface area (Å²) in [4.78, 5) is 19.4. The number of amides is 2. The summed E-state index contributed by atoms with van der Waals surface area (Å²) < 4.78 is 0. The van der Waals surface area contributed by atoms with Crippen molar-refractivity contribution in [3.05, 3.63) is 71.8 Å². The van der Waals surface area contributed by atoms with Gasteiger partial charge in [0.1, 0.15) is 0 Å². The van der Waals surface area contributed by atoms with Gasteiger partial charge in [-0.2, -0.15) is 0 Å². The molecule has 2 aromatic carbocycles. The third kappa shape index (κ3) is 3.10. The molecule has 0 N–H and O–H groups in total. The first-order valence-electron chi connectivity index (χ1n) is 10.3. The first kappa shape index (κ1) is 19.0. The molecule has 2 fully saturated rings. The number of hydrogen-bond donors (Lipinski definition) is 0. The minimum atomic E-state index is -0.0415. The Kier molecular flexibility index (Phi) is 4.92. The lowest BCUT2D eigenvalue weighted by Gasteiger charge is -2.50. The molecule has 2 aliphatic rings. The maximum Gasteiger partial charge on any atom is 0.320 e. The van der Waals surface area contributed by atoms with Crippen LogP contribution in [0.25, 0.3) is 0 Å². The first-order chi connectivity index (χ1) is 13.5. The van der Waals surface area contributed by atoms with Gasteiger partial charge < -0.3 is 9.80 Å². The molecule has 0 aromatic heterocycles. The van der Waals surface area contributed by atoms with Crippen LogP contribution in [0, 0.1) is 0 Å². The summed E-state index contributed by atoms with van der Waals surface area (Å²) in [6, 6.07) is 21.3. The fraction of sp³-hybridized carbons (Fsp3) is 0.458. The van der Waals surface area contributed by atoms with Gasteiger partial charge in [-0.25, -0.2) is 4.79 Å². The van der Waals surface area contributed by atoms with E-state index in [0.717, 1.165) is 32.2 Å². The SMILES string of the molecule is CN1C(=O)N(Cc2ccccc2)C[C@]12CC[C@](c1ccccc1)(N(C)C)CC2. The van der Waals surface area contributed by atoms with E-state index in [9.17, 15) is 4.79 Å². The smallest absolute Gasteiger partial charge is 0.320 e. The van der Waals surface area contributed by atoms with Crippen LogP contribution in [-0.2, 0) is 12.1 Å². The van der Waals surface area contributed by atoms with Gasteiger partial charge in [-0.15, -0.1) is 0 Å². The molecule has 0 atom stereocenters. The summed E-state index contributed by atoms with van der Waals surface area (Å²) in [5.41, 5.74) is 2.61. The van der Waals surface area contributed by atoms with Crippen LogP contribution in [0.4, 0.5) is 4.79 Å². The maximum absolute atomic E-state index is 13.0. The van der Waals surface area contributed by atoms with Crippen LogP contribution in [-0.4, -0.2) is 54.0 Å².